The Labute approximate surface area is 227 Å². The first-order chi connectivity index (χ1) is 18.7. The maximum atomic E-state index is 8.66. The van der Waals surface area contributed by atoms with E-state index in [2.05, 4.69) is 58.3 Å². The standard InChI is InChI=1S/C28H40N6O4/c29-9-1-17-35-21-13-33(14-22-36-18-2-10-30)25-27-5-7-28(8-6-27)26-34(15-23-37-19-3-11-31)16-24-38-20-4-12-32/h5-8H,1-4,13-26H2. The Hall–Kier alpha value is -3.06. The molecule has 1 rings (SSSR count). The molecule has 0 aliphatic heterocycles. The topological polar surface area (TPSA) is 139 Å². The number of hydrogen-bond acceptors (Lipinski definition) is 10. The highest BCUT2D eigenvalue weighted by atomic mass is 16.5. The highest BCUT2D eigenvalue weighted by molar-refractivity contribution is 5.22. The van der Waals surface area contributed by atoms with Gasteiger partial charge in [-0.3, -0.25) is 9.80 Å². The Balaban J connectivity index is 2.63. The molecule has 0 unspecified atom stereocenters. The van der Waals surface area contributed by atoms with E-state index >= 15 is 0 Å². The number of rotatable bonds is 24. The van der Waals surface area contributed by atoms with Gasteiger partial charge < -0.3 is 18.9 Å². The van der Waals surface area contributed by atoms with Crippen molar-refractivity contribution in [2.75, 3.05) is 79.0 Å². The molecule has 0 atom stereocenters. The molecule has 0 radical (unpaired) electrons. The maximum absolute atomic E-state index is 8.66. The SMILES string of the molecule is N#CCCOCCN(CCOCCC#N)Cc1ccc(CN(CCOCCC#N)CCOCCC#N)cc1. The van der Waals surface area contributed by atoms with E-state index in [-0.39, 0.29) is 0 Å². The van der Waals surface area contributed by atoms with Crippen LogP contribution >= 0.6 is 0 Å². The van der Waals surface area contributed by atoms with E-state index in [0.717, 1.165) is 39.3 Å². The van der Waals surface area contributed by atoms with Gasteiger partial charge in [-0.15, -0.1) is 0 Å². The van der Waals surface area contributed by atoms with Gasteiger partial charge >= 0.3 is 0 Å². The Morgan fingerprint density at radius 3 is 0.947 bits per heavy atom. The van der Waals surface area contributed by atoms with Crippen molar-refractivity contribution in [1.29, 1.82) is 21.0 Å². The predicted octanol–water partition coefficient (Wildman–Crippen LogP) is 3.01. The molecule has 0 aliphatic rings. The third-order valence-corrected chi connectivity index (χ3v) is 5.48. The fraction of sp³-hybridized carbons (Fsp3) is 0.643. The molecule has 0 heterocycles. The first-order valence-corrected chi connectivity index (χ1v) is 13.0. The first-order valence-electron chi connectivity index (χ1n) is 13.0. The van der Waals surface area contributed by atoms with Crippen LogP contribution in [0.2, 0.25) is 0 Å². The van der Waals surface area contributed by atoms with Crippen molar-refractivity contribution < 1.29 is 18.9 Å². The quantitative estimate of drug-likeness (QED) is 0.185. The van der Waals surface area contributed by atoms with Gasteiger partial charge in [0.05, 0.1) is 103 Å². The summed E-state index contributed by atoms with van der Waals surface area (Å²) in [5.74, 6) is 0. The van der Waals surface area contributed by atoms with Gasteiger partial charge in [-0.2, -0.15) is 21.0 Å². The van der Waals surface area contributed by atoms with Crippen molar-refractivity contribution in [1.82, 2.24) is 9.80 Å². The Kier molecular flexibility index (Phi) is 21.1. The van der Waals surface area contributed by atoms with Gasteiger partial charge in [0.25, 0.3) is 0 Å². The van der Waals surface area contributed by atoms with Crippen molar-refractivity contribution in [3.05, 3.63) is 35.4 Å². The van der Waals surface area contributed by atoms with Crippen molar-refractivity contribution in [2.24, 2.45) is 0 Å². The van der Waals surface area contributed by atoms with Gasteiger partial charge in [0.2, 0.25) is 0 Å². The molecule has 10 nitrogen and oxygen atoms in total. The highest BCUT2D eigenvalue weighted by Crippen LogP contribution is 2.11. The van der Waals surface area contributed by atoms with Crippen LogP contribution in [0.25, 0.3) is 0 Å². The Morgan fingerprint density at radius 1 is 0.447 bits per heavy atom. The lowest BCUT2D eigenvalue weighted by Crippen LogP contribution is -2.31. The molecule has 0 bridgehead atoms. The van der Waals surface area contributed by atoms with Crippen LogP contribution in [-0.4, -0.2) is 88.8 Å². The first kappa shape index (κ1) is 33.0. The van der Waals surface area contributed by atoms with Crippen LogP contribution in [0.4, 0.5) is 0 Å². The third kappa shape index (κ3) is 18.2. The van der Waals surface area contributed by atoms with Crippen LogP contribution in [0.5, 0.6) is 0 Å². The van der Waals surface area contributed by atoms with E-state index in [1.54, 1.807) is 0 Å². The summed E-state index contributed by atoms with van der Waals surface area (Å²) < 4.78 is 22.2. The molecule has 0 aromatic heterocycles. The van der Waals surface area contributed by atoms with Crippen LogP contribution in [0.3, 0.4) is 0 Å². The summed E-state index contributed by atoms with van der Waals surface area (Å²) in [6.45, 7) is 8.27. The van der Waals surface area contributed by atoms with E-state index in [9.17, 15) is 0 Å². The van der Waals surface area contributed by atoms with Gasteiger partial charge in [0, 0.05) is 39.3 Å². The lowest BCUT2D eigenvalue weighted by molar-refractivity contribution is 0.0744. The molecular formula is C28H40N6O4. The second-order valence-electron chi connectivity index (χ2n) is 8.45. The zero-order valence-corrected chi connectivity index (χ0v) is 22.4. The average molecular weight is 525 g/mol. The van der Waals surface area contributed by atoms with Gasteiger partial charge in [-0.25, -0.2) is 0 Å². The highest BCUT2D eigenvalue weighted by Gasteiger charge is 2.09. The fourth-order valence-electron chi connectivity index (χ4n) is 3.46. The molecule has 1 aromatic rings. The van der Waals surface area contributed by atoms with E-state index in [4.69, 9.17) is 40.0 Å². The summed E-state index contributed by atoms with van der Waals surface area (Å²) in [7, 11) is 0. The van der Waals surface area contributed by atoms with Gasteiger partial charge in [-0.05, 0) is 11.1 Å². The van der Waals surface area contributed by atoms with Crippen LogP contribution in [-0.2, 0) is 32.0 Å². The largest absolute Gasteiger partial charge is 0.379 e. The van der Waals surface area contributed by atoms with E-state index in [1.807, 2.05) is 0 Å². The van der Waals surface area contributed by atoms with E-state index in [0.29, 0.717) is 78.5 Å². The lowest BCUT2D eigenvalue weighted by atomic mass is 10.1. The summed E-state index contributed by atoms with van der Waals surface area (Å²) in [6.07, 6.45) is 1.53. The predicted molar refractivity (Wildman–Crippen MR) is 141 cm³/mol. The number of benzene rings is 1. The second-order valence-corrected chi connectivity index (χ2v) is 8.45. The summed E-state index contributed by atoms with van der Waals surface area (Å²) in [5.41, 5.74) is 2.35. The van der Waals surface area contributed by atoms with Crippen molar-refractivity contribution >= 4 is 0 Å². The molecular weight excluding hydrogens is 484 g/mol. The molecule has 0 amide bonds. The fourth-order valence-corrected chi connectivity index (χ4v) is 3.46. The molecule has 0 saturated carbocycles. The summed E-state index contributed by atoms with van der Waals surface area (Å²) in [6, 6.07) is 16.8. The van der Waals surface area contributed by atoms with Crippen LogP contribution < -0.4 is 0 Å². The monoisotopic (exact) mass is 524 g/mol. The molecule has 38 heavy (non-hydrogen) atoms. The van der Waals surface area contributed by atoms with Crippen LogP contribution in [0.15, 0.2) is 24.3 Å². The van der Waals surface area contributed by atoms with Gasteiger partial charge in [-0.1, -0.05) is 24.3 Å². The maximum Gasteiger partial charge on any atom is 0.0645 e. The normalized spacial score (nSPS) is 10.7. The van der Waals surface area contributed by atoms with E-state index < -0.39 is 0 Å². The summed E-state index contributed by atoms with van der Waals surface area (Å²) in [4.78, 5) is 4.49. The number of nitriles is 4. The summed E-state index contributed by atoms with van der Waals surface area (Å²) in [5, 5.41) is 34.7. The molecule has 0 fully saturated rings. The lowest BCUT2D eigenvalue weighted by Gasteiger charge is -2.24. The minimum absolute atomic E-state index is 0.383. The zero-order chi connectivity index (χ0) is 27.5. The molecule has 0 N–H and O–H groups in total. The second kappa shape index (κ2) is 24.3. The number of ether oxygens (including phenoxy) is 4. The molecule has 1 aromatic carbocycles. The smallest absolute Gasteiger partial charge is 0.0645 e. The minimum atomic E-state index is 0.383. The van der Waals surface area contributed by atoms with Crippen molar-refractivity contribution in [3.8, 4) is 24.3 Å². The van der Waals surface area contributed by atoms with E-state index in [1.165, 1.54) is 11.1 Å². The molecule has 206 valence electrons. The molecule has 0 saturated heterocycles. The van der Waals surface area contributed by atoms with Crippen LogP contribution in [0.1, 0.15) is 36.8 Å². The molecule has 0 aliphatic carbocycles. The average Bonchev–Trinajstić information content (AvgIpc) is 2.93. The minimum Gasteiger partial charge on any atom is -0.379 e. The molecule has 0 spiro atoms. The zero-order valence-electron chi connectivity index (χ0n) is 22.4. The van der Waals surface area contributed by atoms with Gasteiger partial charge in [0.15, 0.2) is 0 Å². The third-order valence-electron chi connectivity index (χ3n) is 5.48. The molecule has 10 heteroatoms. The van der Waals surface area contributed by atoms with Crippen molar-refractivity contribution in [3.63, 3.8) is 0 Å². The summed E-state index contributed by atoms with van der Waals surface area (Å²) >= 11 is 0. The Bertz CT molecular complexity index is 764. The number of nitrogens with zero attached hydrogens (tertiary/aromatic N) is 6. The Morgan fingerprint density at radius 2 is 0.711 bits per heavy atom. The van der Waals surface area contributed by atoms with Crippen molar-refractivity contribution in [2.45, 2.75) is 38.8 Å². The van der Waals surface area contributed by atoms with Crippen LogP contribution in [0, 0.1) is 45.3 Å². The number of hydrogen-bond donors (Lipinski definition) is 0. The van der Waals surface area contributed by atoms with Gasteiger partial charge in [0.1, 0.15) is 0 Å².